The summed E-state index contributed by atoms with van der Waals surface area (Å²) in [5, 5.41) is 0. The molecule has 0 bridgehead atoms. The number of carbonyl (C=O) groups is 2. The van der Waals surface area contributed by atoms with E-state index in [1.165, 1.54) is 32.1 Å². The van der Waals surface area contributed by atoms with E-state index in [9.17, 15) is 9.59 Å². The Balaban J connectivity index is 3.17. The smallest absolute Gasteiger partial charge is 0.308 e. The largest absolute Gasteiger partial charge is 0.465 e. The van der Waals surface area contributed by atoms with Gasteiger partial charge in [0.05, 0.1) is 25.0 Å². The zero-order valence-corrected chi connectivity index (χ0v) is 15.6. The lowest BCUT2D eigenvalue weighted by Crippen LogP contribution is -2.12. The number of hydrogen-bond donors (Lipinski definition) is 0. The average Bonchev–Trinajstić information content (AvgIpc) is 2.50. The Labute approximate surface area is 142 Å². The third-order valence-electron chi connectivity index (χ3n) is 3.72. The van der Waals surface area contributed by atoms with Crippen LogP contribution in [0.2, 0.25) is 0 Å². The van der Waals surface area contributed by atoms with Gasteiger partial charge in [0.15, 0.2) is 0 Å². The van der Waals surface area contributed by atoms with Crippen LogP contribution in [0.3, 0.4) is 0 Å². The summed E-state index contributed by atoms with van der Waals surface area (Å²) in [6, 6.07) is 0. The highest BCUT2D eigenvalue weighted by molar-refractivity contribution is 5.71. The van der Waals surface area contributed by atoms with Gasteiger partial charge in [-0.3, -0.25) is 9.59 Å². The van der Waals surface area contributed by atoms with Gasteiger partial charge in [0.1, 0.15) is 0 Å². The maximum atomic E-state index is 11.2. The monoisotopic (exact) mass is 328 g/mol. The summed E-state index contributed by atoms with van der Waals surface area (Å²) in [5.41, 5.74) is 0. The Morgan fingerprint density at radius 1 is 0.565 bits per heavy atom. The predicted octanol–water partition coefficient (Wildman–Crippen LogP) is 4.90. The van der Waals surface area contributed by atoms with E-state index in [1.54, 1.807) is 0 Å². The Hall–Kier alpha value is -1.06. The Bertz CT molecular complexity index is 280. The molecule has 0 aromatic heterocycles. The molecule has 0 N–H and O–H groups in total. The number of carbonyl (C=O) groups excluding carboxylic acids is 2. The topological polar surface area (TPSA) is 52.6 Å². The van der Waals surface area contributed by atoms with E-state index in [2.05, 4.69) is 0 Å². The number of hydrogen-bond acceptors (Lipinski definition) is 4. The Morgan fingerprint density at radius 3 is 1.09 bits per heavy atom. The molecule has 0 unspecified atom stereocenters. The molecular weight excluding hydrogens is 292 g/mol. The van der Waals surface area contributed by atoms with E-state index in [-0.39, 0.29) is 23.8 Å². The van der Waals surface area contributed by atoms with Crippen molar-refractivity contribution in [1.29, 1.82) is 0 Å². The predicted molar refractivity (Wildman–Crippen MR) is 93.1 cm³/mol. The van der Waals surface area contributed by atoms with Gasteiger partial charge in [0, 0.05) is 0 Å². The average molecular weight is 328 g/mol. The van der Waals surface area contributed by atoms with Crippen LogP contribution in [-0.4, -0.2) is 25.2 Å². The number of ether oxygens (including phenoxy) is 2. The second-order valence-electron chi connectivity index (χ2n) is 6.83. The fraction of sp³-hybridized carbons (Fsp3) is 0.895. The first-order chi connectivity index (χ1) is 10.9. The van der Waals surface area contributed by atoms with Gasteiger partial charge in [0.2, 0.25) is 0 Å². The van der Waals surface area contributed by atoms with Crippen molar-refractivity contribution in [2.75, 3.05) is 13.2 Å². The van der Waals surface area contributed by atoms with Crippen LogP contribution in [0.5, 0.6) is 0 Å². The van der Waals surface area contributed by atoms with Crippen molar-refractivity contribution in [3.63, 3.8) is 0 Å². The molecule has 0 spiro atoms. The lowest BCUT2D eigenvalue weighted by atomic mass is 10.1. The molecule has 0 rings (SSSR count). The zero-order valence-electron chi connectivity index (χ0n) is 15.6. The van der Waals surface area contributed by atoms with Crippen LogP contribution in [-0.2, 0) is 19.1 Å². The molecule has 23 heavy (non-hydrogen) atoms. The van der Waals surface area contributed by atoms with Gasteiger partial charge in [-0.1, -0.05) is 72.6 Å². The van der Waals surface area contributed by atoms with Crippen LogP contribution in [0, 0.1) is 11.8 Å². The maximum Gasteiger partial charge on any atom is 0.308 e. The standard InChI is InChI=1S/C19H36O4/c1-16(2)18(20)22-14-12-10-8-6-5-7-9-11-13-15-23-19(21)17(3)4/h16-17H,5-15H2,1-4H3. The van der Waals surface area contributed by atoms with Crippen LogP contribution in [0.4, 0.5) is 0 Å². The molecule has 136 valence electrons. The summed E-state index contributed by atoms with van der Waals surface area (Å²) < 4.78 is 10.3. The lowest BCUT2D eigenvalue weighted by Gasteiger charge is -2.07. The quantitative estimate of drug-likeness (QED) is 0.336. The highest BCUT2D eigenvalue weighted by Crippen LogP contribution is 2.10. The van der Waals surface area contributed by atoms with Gasteiger partial charge in [-0.25, -0.2) is 0 Å². The summed E-state index contributed by atoms with van der Waals surface area (Å²) in [6.07, 6.45) is 10.4. The first kappa shape index (κ1) is 21.9. The molecule has 0 saturated heterocycles. The highest BCUT2D eigenvalue weighted by atomic mass is 16.5. The van der Waals surface area contributed by atoms with Crippen molar-refractivity contribution < 1.29 is 19.1 Å². The van der Waals surface area contributed by atoms with Crippen molar-refractivity contribution in [2.45, 2.75) is 85.5 Å². The molecule has 0 saturated carbocycles. The SMILES string of the molecule is CC(C)C(=O)OCCCCCCCCCCCOC(=O)C(C)C. The second kappa shape index (κ2) is 14.5. The molecule has 0 amide bonds. The Kier molecular flexibility index (Phi) is 13.9. The van der Waals surface area contributed by atoms with Crippen LogP contribution < -0.4 is 0 Å². The molecule has 0 aromatic carbocycles. The minimum atomic E-state index is -0.0935. The van der Waals surface area contributed by atoms with Gasteiger partial charge < -0.3 is 9.47 Å². The molecule has 4 heteroatoms. The zero-order chi connectivity index (χ0) is 17.5. The first-order valence-electron chi connectivity index (χ1n) is 9.28. The van der Waals surface area contributed by atoms with Crippen molar-refractivity contribution >= 4 is 11.9 Å². The highest BCUT2D eigenvalue weighted by Gasteiger charge is 2.07. The Morgan fingerprint density at radius 2 is 0.826 bits per heavy atom. The van der Waals surface area contributed by atoms with Crippen molar-refractivity contribution in [1.82, 2.24) is 0 Å². The summed E-state index contributed by atoms with van der Waals surface area (Å²) in [6.45, 7) is 8.55. The fourth-order valence-corrected chi connectivity index (χ4v) is 2.12. The number of rotatable bonds is 14. The van der Waals surface area contributed by atoms with Gasteiger partial charge in [-0.2, -0.15) is 0 Å². The first-order valence-corrected chi connectivity index (χ1v) is 9.28. The summed E-state index contributed by atoms with van der Waals surface area (Å²) >= 11 is 0. The van der Waals surface area contributed by atoms with Gasteiger partial charge in [0.25, 0.3) is 0 Å². The minimum absolute atomic E-state index is 0.0242. The molecule has 0 atom stereocenters. The van der Waals surface area contributed by atoms with Crippen LogP contribution in [0.25, 0.3) is 0 Å². The molecule has 0 radical (unpaired) electrons. The van der Waals surface area contributed by atoms with Crippen molar-refractivity contribution in [3.05, 3.63) is 0 Å². The molecule has 0 heterocycles. The normalized spacial score (nSPS) is 11.0. The third kappa shape index (κ3) is 14.3. The van der Waals surface area contributed by atoms with E-state index >= 15 is 0 Å². The number of unbranched alkanes of at least 4 members (excludes halogenated alkanes) is 8. The molecule has 0 aromatic rings. The van der Waals surface area contributed by atoms with Crippen molar-refractivity contribution in [3.8, 4) is 0 Å². The summed E-state index contributed by atoms with van der Waals surface area (Å²) in [7, 11) is 0. The summed E-state index contributed by atoms with van der Waals surface area (Å²) in [5.74, 6) is -0.235. The minimum Gasteiger partial charge on any atom is -0.465 e. The van der Waals surface area contributed by atoms with Gasteiger partial charge in [-0.15, -0.1) is 0 Å². The molecule has 4 nitrogen and oxygen atoms in total. The van der Waals surface area contributed by atoms with Crippen LogP contribution in [0.1, 0.15) is 85.5 Å². The van der Waals surface area contributed by atoms with E-state index in [0.717, 1.165) is 25.7 Å². The maximum absolute atomic E-state index is 11.2. The third-order valence-corrected chi connectivity index (χ3v) is 3.72. The van der Waals surface area contributed by atoms with E-state index < -0.39 is 0 Å². The van der Waals surface area contributed by atoms with Crippen LogP contribution in [0.15, 0.2) is 0 Å². The van der Waals surface area contributed by atoms with Crippen LogP contribution >= 0.6 is 0 Å². The van der Waals surface area contributed by atoms with E-state index in [0.29, 0.717) is 13.2 Å². The van der Waals surface area contributed by atoms with Crippen molar-refractivity contribution in [2.24, 2.45) is 11.8 Å². The van der Waals surface area contributed by atoms with Gasteiger partial charge in [-0.05, 0) is 12.8 Å². The fourth-order valence-electron chi connectivity index (χ4n) is 2.12. The van der Waals surface area contributed by atoms with E-state index in [4.69, 9.17) is 9.47 Å². The number of esters is 2. The van der Waals surface area contributed by atoms with E-state index in [1.807, 2.05) is 27.7 Å². The molecular formula is C19H36O4. The second-order valence-corrected chi connectivity index (χ2v) is 6.83. The molecule has 0 aliphatic carbocycles. The molecule has 0 aliphatic rings. The molecule has 0 fully saturated rings. The van der Waals surface area contributed by atoms with Gasteiger partial charge >= 0.3 is 11.9 Å². The summed E-state index contributed by atoms with van der Waals surface area (Å²) in [4.78, 5) is 22.5. The molecule has 0 aliphatic heterocycles. The lowest BCUT2D eigenvalue weighted by molar-refractivity contribution is -0.148.